The van der Waals surface area contributed by atoms with Crippen LogP contribution in [0.3, 0.4) is 0 Å². The van der Waals surface area contributed by atoms with Gasteiger partial charge in [-0.25, -0.2) is 0 Å². The number of amides is 1. The maximum Gasteiger partial charge on any atom is 0.315 e. The molecule has 0 atom stereocenters. The minimum atomic E-state index is -2.93. The first-order valence-electron chi connectivity index (χ1n) is 5.40. The van der Waals surface area contributed by atoms with Crippen molar-refractivity contribution in [2.24, 2.45) is 0 Å². The number of carbonyl (C=O) groups excluding carboxylic acids is 2. The van der Waals surface area contributed by atoms with Crippen LogP contribution in [0.5, 0.6) is 0 Å². The number of ether oxygens (including phenoxy) is 1. The lowest BCUT2D eigenvalue weighted by Gasteiger charge is -2.34. The Morgan fingerprint density at radius 1 is 1.24 bits per heavy atom. The van der Waals surface area contributed by atoms with Crippen molar-refractivity contribution in [1.29, 1.82) is 0 Å². The fourth-order valence-electron chi connectivity index (χ4n) is 1.68. The first kappa shape index (κ1) is 13.8. The third kappa shape index (κ3) is 4.26. The molecule has 17 heavy (non-hydrogen) atoms. The molecule has 98 valence electrons. The summed E-state index contributed by atoms with van der Waals surface area (Å²) in [5.41, 5.74) is 0. The fraction of sp³-hybridized carbons (Fsp3) is 0.800. The topological polar surface area (TPSA) is 49.9 Å². The SMILES string of the molecule is COC(=O)CCN1CCN(C(=O)C(F)F)CC1. The summed E-state index contributed by atoms with van der Waals surface area (Å²) in [7, 11) is 1.32. The van der Waals surface area contributed by atoms with E-state index in [1.807, 2.05) is 4.90 Å². The standard InChI is InChI=1S/C10H16F2N2O3/c1-17-8(15)2-3-13-4-6-14(7-5-13)10(16)9(11)12/h9H,2-7H2,1H3. The van der Waals surface area contributed by atoms with Gasteiger partial charge in [0.05, 0.1) is 13.5 Å². The number of esters is 1. The lowest BCUT2D eigenvalue weighted by molar-refractivity contribution is -0.145. The van der Waals surface area contributed by atoms with Crippen molar-refractivity contribution in [2.75, 3.05) is 39.8 Å². The summed E-state index contributed by atoms with van der Waals surface area (Å²) in [5, 5.41) is 0. The zero-order valence-electron chi connectivity index (χ0n) is 9.70. The van der Waals surface area contributed by atoms with E-state index in [2.05, 4.69) is 4.74 Å². The molecule has 1 heterocycles. The summed E-state index contributed by atoms with van der Waals surface area (Å²) in [4.78, 5) is 25.0. The maximum atomic E-state index is 12.1. The van der Waals surface area contributed by atoms with Gasteiger partial charge in [-0.3, -0.25) is 14.5 Å². The number of alkyl halides is 2. The Hall–Kier alpha value is -1.24. The molecule has 0 aromatic heterocycles. The highest BCUT2D eigenvalue weighted by Gasteiger charge is 2.26. The number of halogens is 2. The van der Waals surface area contributed by atoms with Gasteiger partial charge in [0.2, 0.25) is 0 Å². The van der Waals surface area contributed by atoms with Crippen LogP contribution >= 0.6 is 0 Å². The van der Waals surface area contributed by atoms with E-state index < -0.39 is 12.3 Å². The third-order valence-electron chi connectivity index (χ3n) is 2.73. The number of piperazine rings is 1. The minimum Gasteiger partial charge on any atom is -0.469 e. The van der Waals surface area contributed by atoms with Crippen LogP contribution in [-0.2, 0) is 14.3 Å². The molecular weight excluding hydrogens is 234 g/mol. The van der Waals surface area contributed by atoms with Crippen LogP contribution in [0.4, 0.5) is 8.78 Å². The monoisotopic (exact) mass is 250 g/mol. The zero-order valence-corrected chi connectivity index (χ0v) is 9.70. The van der Waals surface area contributed by atoms with Crippen molar-refractivity contribution in [3.8, 4) is 0 Å². The van der Waals surface area contributed by atoms with Crippen molar-refractivity contribution in [3.63, 3.8) is 0 Å². The van der Waals surface area contributed by atoms with Crippen LogP contribution < -0.4 is 0 Å². The molecule has 1 aliphatic rings. The lowest BCUT2D eigenvalue weighted by Crippen LogP contribution is -2.50. The van der Waals surface area contributed by atoms with Gasteiger partial charge in [0, 0.05) is 32.7 Å². The van der Waals surface area contributed by atoms with Crippen LogP contribution in [0.25, 0.3) is 0 Å². The fourth-order valence-corrected chi connectivity index (χ4v) is 1.68. The predicted octanol–water partition coefficient (Wildman–Crippen LogP) is -0.0412. The Morgan fingerprint density at radius 3 is 2.29 bits per heavy atom. The Morgan fingerprint density at radius 2 is 1.82 bits per heavy atom. The van der Waals surface area contributed by atoms with E-state index in [1.165, 1.54) is 7.11 Å². The highest BCUT2D eigenvalue weighted by Crippen LogP contribution is 2.07. The predicted molar refractivity (Wildman–Crippen MR) is 55.7 cm³/mol. The summed E-state index contributed by atoms with van der Waals surface area (Å²) >= 11 is 0. The lowest BCUT2D eigenvalue weighted by atomic mass is 10.3. The van der Waals surface area contributed by atoms with E-state index in [9.17, 15) is 18.4 Å². The molecule has 1 amide bonds. The molecule has 1 aliphatic heterocycles. The third-order valence-corrected chi connectivity index (χ3v) is 2.73. The van der Waals surface area contributed by atoms with Crippen LogP contribution in [0, 0.1) is 0 Å². The molecule has 0 bridgehead atoms. The van der Waals surface area contributed by atoms with Crippen LogP contribution in [0.15, 0.2) is 0 Å². The van der Waals surface area contributed by atoms with Gasteiger partial charge in [0.25, 0.3) is 5.91 Å². The summed E-state index contributed by atoms with van der Waals surface area (Å²) in [5.74, 6) is -1.41. The van der Waals surface area contributed by atoms with Gasteiger partial charge in [0.1, 0.15) is 0 Å². The zero-order chi connectivity index (χ0) is 12.8. The van der Waals surface area contributed by atoms with Gasteiger partial charge in [-0.05, 0) is 0 Å². The van der Waals surface area contributed by atoms with Gasteiger partial charge in [0.15, 0.2) is 0 Å². The van der Waals surface area contributed by atoms with Gasteiger partial charge in [-0.2, -0.15) is 8.78 Å². The second-order valence-electron chi connectivity index (χ2n) is 3.79. The molecule has 1 saturated heterocycles. The van der Waals surface area contributed by atoms with Gasteiger partial charge in [-0.15, -0.1) is 0 Å². The first-order valence-corrected chi connectivity index (χ1v) is 5.40. The summed E-state index contributed by atoms with van der Waals surface area (Å²) in [6.07, 6.45) is -2.66. The molecular formula is C10H16F2N2O3. The molecule has 1 rings (SSSR count). The molecule has 0 aromatic rings. The van der Waals surface area contributed by atoms with E-state index in [-0.39, 0.29) is 25.5 Å². The number of carbonyl (C=O) groups is 2. The maximum absolute atomic E-state index is 12.1. The first-order chi connectivity index (χ1) is 8.04. The molecule has 0 aliphatic carbocycles. The Bertz CT molecular complexity index is 279. The minimum absolute atomic E-state index is 0.277. The quantitative estimate of drug-likeness (QED) is 0.657. The van der Waals surface area contributed by atoms with Gasteiger partial charge >= 0.3 is 12.4 Å². The van der Waals surface area contributed by atoms with E-state index in [4.69, 9.17) is 0 Å². The molecule has 0 radical (unpaired) electrons. The van der Waals surface area contributed by atoms with E-state index >= 15 is 0 Å². The molecule has 7 heteroatoms. The average Bonchev–Trinajstić information content (AvgIpc) is 2.35. The molecule has 1 fully saturated rings. The second-order valence-corrected chi connectivity index (χ2v) is 3.79. The number of rotatable bonds is 4. The Kier molecular flexibility index (Phi) is 5.27. The normalized spacial score (nSPS) is 17.3. The van der Waals surface area contributed by atoms with Crippen molar-refractivity contribution in [3.05, 3.63) is 0 Å². The smallest absolute Gasteiger partial charge is 0.315 e. The van der Waals surface area contributed by atoms with E-state index in [1.54, 1.807) is 0 Å². The van der Waals surface area contributed by atoms with Crippen LogP contribution in [0.1, 0.15) is 6.42 Å². The number of nitrogens with zero attached hydrogens (tertiary/aromatic N) is 2. The second kappa shape index (κ2) is 6.48. The van der Waals surface area contributed by atoms with Crippen molar-refractivity contribution in [2.45, 2.75) is 12.8 Å². The highest BCUT2D eigenvalue weighted by atomic mass is 19.3. The van der Waals surface area contributed by atoms with Crippen molar-refractivity contribution in [1.82, 2.24) is 9.80 Å². The van der Waals surface area contributed by atoms with E-state index in [0.29, 0.717) is 19.6 Å². The molecule has 0 aromatic carbocycles. The Balaban J connectivity index is 2.26. The van der Waals surface area contributed by atoms with Gasteiger partial charge < -0.3 is 9.64 Å². The van der Waals surface area contributed by atoms with E-state index in [0.717, 1.165) is 4.90 Å². The summed E-state index contributed by atoms with van der Waals surface area (Å²) in [6, 6.07) is 0. The summed E-state index contributed by atoms with van der Waals surface area (Å²) < 4.78 is 28.8. The van der Waals surface area contributed by atoms with Crippen molar-refractivity contribution < 1.29 is 23.1 Å². The molecule has 5 nitrogen and oxygen atoms in total. The Labute approximate surface area is 98.3 Å². The molecule has 0 unspecified atom stereocenters. The molecule has 0 spiro atoms. The average molecular weight is 250 g/mol. The van der Waals surface area contributed by atoms with Crippen LogP contribution in [0.2, 0.25) is 0 Å². The number of hydrogen-bond donors (Lipinski definition) is 0. The molecule has 0 N–H and O–H groups in total. The van der Waals surface area contributed by atoms with Crippen molar-refractivity contribution >= 4 is 11.9 Å². The number of hydrogen-bond acceptors (Lipinski definition) is 4. The van der Waals surface area contributed by atoms with Crippen LogP contribution in [-0.4, -0.2) is 67.9 Å². The number of methoxy groups -OCH3 is 1. The summed E-state index contributed by atoms with van der Waals surface area (Å²) in [6.45, 7) is 2.11. The largest absolute Gasteiger partial charge is 0.469 e. The molecule has 0 saturated carbocycles. The highest BCUT2D eigenvalue weighted by molar-refractivity contribution is 5.79. The van der Waals surface area contributed by atoms with Gasteiger partial charge in [-0.1, -0.05) is 0 Å².